The number of ether oxygens (including phenoxy) is 1. The van der Waals surface area contributed by atoms with Gasteiger partial charge in [0.1, 0.15) is 6.67 Å². The molecule has 1 aromatic rings. The van der Waals surface area contributed by atoms with Crippen LogP contribution >= 0.6 is 0 Å². The quantitative estimate of drug-likeness (QED) is 0.928. The number of hydrogen-bond acceptors (Lipinski definition) is 3. The van der Waals surface area contributed by atoms with Gasteiger partial charge in [-0.05, 0) is 49.4 Å². The van der Waals surface area contributed by atoms with Gasteiger partial charge in [0.25, 0.3) is 0 Å². The van der Waals surface area contributed by atoms with Gasteiger partial charge in [0.05, 0.1) is 0 Å². The SMILES string of the molecule is O=C(Nc1ccc2c(c1)C1(CCOCC1)CN2CCF)C1CC1. The van der Waals surface area contributed by atoms with Gasteiger partial charge in [-0.3, -0.25) is 4.79 Å². The molecule has 0 atom stereocenters. The third kappa shape index (κ3) is 2.71. The number of rotatable bonds is 4. The van der Waals surface area contributed by atoms with Crippen molar-refractivity contribution in [1.29, 1.82) is 0 Å². The molecular weight excluding hydrogens is 295 g/mol. The van der Waals surface area contributed by atoms with Crippen molar-refractivity contribution in [3.05, 3.63) is 23.8 Å². The number of carbonyl (C=O) groups excluding carboxylic acids is 1. The van der Waals surface area contributed by atoms with Crippen molar-refractivity contribution < 1.29 is 13.9 Å². The summed E-state index contributed by atoms with van der Waals surface area (Å²) < 4.78 is 18.5. The molecule has 1 N–H and O–H groups in total. The molecule has 4 nitrogen and oxygen atoms in total. The molecule has 2 aliphatic heterocycles. The van der Waals surface area contributed by atoms with E-state index < -0.39 is 0 Å². The third-order valence-electron chi connectivity index (χ3n) is 5.42. The Bertz CT molecular complexity index is 609. The lowest BCUT2D eigenvalue weighted by molar-refractivity contribution is -0.117. The van der Waals surface area contributed by atoms with Crippen molar-refractivity contribution >= 4 is 17.3 Å². The lowest BCUT2D eigenvalue weighted by Crippen LogP contribution is -2.39. The van der Waals surface area contributed by atoms with E-state index in [1.807, 2.05) is 12.1 Å². The zero-order valence-corrected chi connectivity index (χ0v) is 13.3. The molecule has 1 saturated heterocycles. The summed E-state index contributed by atoms with van der Waals surface area (Å²) in [5.74, 6) is 0.327. The second kappa shape index (κ2) is 5.78. The predicted molar refractivity (Wildman–Crippen MR) is 87.7 cm³/mol. The minimum absolute atomic E-state index is 0.0447. The van der Waals surface area contributed by atoms with Gasteiger partial charge in [-0.25, -0.2) is 4.39 Å². The minimum atomic E-state index is -0.341. The van der Waals surface area contributed by atoms with Crippen LogP contribution < -0.4 is 10.2 Å². The largest absolute Gasteiger partial charge is 0.381 e. The van der Waals surface area contributed by atoms with E-state index in [1.165, 1.54) is 5.56 Å². The second-order valence-corrected chi connectivity index (χ2v) is 7.00. The fourth-order valence-electron chi connectivity index (χ4n) is 3.93. The number of hydrogen-bond donors (Lipinski definition) is 1. The van der Waals surface area contributed by atoms with Gasteiger partial charge >= 0.3 is 0 Å². The Hall–Kier alpha value is -1.62. The van der Waals surface area contributed by atoms with Gasteiger partial charge in [0.15, 0.2) is 0 Å². The first-order valence-electron chi connectivity index (χ1n) is 8.56. The van der Waals surface area contributed by atoms with E-state index in [2.05, 4.69) is 16.3 Å². The lowest BCUT2D eigenvalue weighted by Gasteiger charge is -2.34. The molecule has 1 saturated carbocycles. The molecule has 23 heavy (non-hydrogen) atoms. The van der Waals surface area contributed by atoms with Crippen LogP contribution in [-0.4, -0.2) is 38.9 Å². The molecule has 0 radical (unpaired) electrons. The van der Waals surface area contributed by atoms with Crippen LogP contribution in [0.2, 0.25) is 0 Å². The molecule has 2 heterocycles. The molecule has 5 heteroatoms. The molecular formula is C18H23FN2O2. The number of anilines is 2. The van der Waals surface area contributed by atoms with E-state index in [-0.39, 0.29) is 23.9 Å². The number of alkyl halides is 1. The summed E-state index contributed by atoms with van der Waals surface area (Å²) in [6.07, 6.45) is 3.93. The van der Waals surface area contributed by atoms with Gasteiger partial charge < -0.3 is 15.0 Å². The number of halogens is 1. The summed E-state index contributed by atoms with van der Waals surface area (Å²) >= 11 is 0. The fraction of sp³-hybridized carbons (Fsp3) is 0.611. The van der Waals surface area contributed by atoms with Crippen molar-refractivity contribution in [2.24, 2.45) is 5.92 Å². The van der Waals surface area contributed by atoms with E-state index in [0.717, 1.165) is 56.8 Å². The minimum Gasteiger partial charge on any atom is -0.381 e. The van der Waals surface area contributed by atoms with E-state index >= 15 is 0 Å². The van der Waals surface area contributed by atoms with Gasteiger partial charge in [0.2, 0.25) is 5.91 Å². The number of nitrogens with zero attached hydrogens (tertiary/aromatic N) is 1. The molecule has 124 valence electrons. The number of nitrogens with one attached hydrogen (secondary N) is 1. The van der Waals surface area contributed by atoms with Crippen LogP contribution in [0, 0.1) is 5.92 Å². The van der Waals surface area contributed by atoms with Crippen molar-refractivity contribution in [2.45, 2.75) is 31.1 Å². The Labute approximate surface area is 136 Å². The standard InChI is InChI=1S/C18H23FN2O2/c19-7-8-21-12-18(5-9-23-10-6-18)15-11-14(3-4-16(15)21)20-17(22)13-1-2-13/h3-4,11,13H,1-2,5-10,12H2,(H,20,22). The summed E-state index contributed by atoms with van der Waals surface area (Å²) in [5.41, 5.74) is 3.29. The van der Waals surface area contributed by atoms with Crippen LogP contribution in [0.15, 0.2) is 18.2 Å². The van der Waals surface area contributed by atoms with Gasteiger partial charge in [0, 0.05) is 49.0 Å². The first-order valence-corrected chi connectivity index (χ1v) is 8.56. The number of amides is 1. The number of carbonyl (C=O) groups is 1. The van der Waals surface area contributed by atoms with Gasteiger partial charge in [-0.1, -0.05) is 0 Å². The third-order valence-corrected chi connectivity index (χ3v) is 5.42. The van der Waals surface area contributed by atoms with Gasteiger partial charge in [-0.2, -0.15) is 0 Å². The average Bonchev–Trinajstić information content (AvgIpc) is 3.37. The predicted octanol–water partition coefficient (Wildman–Crippen LogP) is 2.87. The highest BCUT2D eigenvalue weighted by Crippen LogP contribution is 2.47. The van der Waals surface area contributed by atoms with Crippen LogP contribution in [0.25, 0.3) is 0 Å². The highest BCUT2D eigenvalue weighted by atomic mass is 19.1. The topological polar surface area (TPSA) is 41.6 Å². The molecule has 1 aliphatic carbocycles. The Kier molecular flexibility index (Phi) is 3.76. The van der Waals surface area contributed by atoms with E-state index in [1.54, 1.807) is 0 Å². The number of benzene rings is 1. The highest BCUT2D eigenvalue weighted by molar-refractivity contribution is 5.94. The van der Waals surface area contributed by atoms with E-state index in [9.17, 15) is 9.18 Å². The molecule has 1 amide bonds. The van der Waals surface area contributed by atoms with Crippen molar-refractivity contribution in [1.82, 2.24) is 0 Å². The maximum Gasteiger partial charge on any atom is 0.227 e. The molecule has 0 aromatic heterocycles. The van der Waals surface area contributed by atoms with E-state index in [0.29, 0.717) is 6.54 Å². The first-order chi connectivity index (χ1) is 11.2. The average molecular weight is 318 g/mol. The van der Waals surface area contributed by atoms with Crippen molar-refractivity contribution in [2.75, 3.05) is 43.2 Å². The fourth-order valence-corrected chi connectivity index (χ4v) is 3.93. The Morgan fingerprint density at radius 3 is 2.83 bits per heavy atom. The van der Waals surface area contributed by atoms with Gasteiger partial charge in [-0.15, -0.1) is 0 Å². The normalized spacial score (nSPS) is 22.2. The van der Waals surface area contributed by atoms with Crippen LogP contribution in [0.5, 0.6) is 0 Å². The molecule has 0 unspecified atom stereocenters. The second-order valence-electron chi connectivity index (χ2n) is 7.00. The number of fused-ring (bicyclic) bond motifs is 2. The van der Waals surface area contributed by atoms with Crippen molar-refractivity contribution in [3.8, 4) is 0 Å². The maximum absolute atomic E-state index is 12.9. The molecule has 3 aliphatic rings. The van der Waals surface area contributed by atoms with Crippen LogP contribution in [0.4, 0.5) is 15.8 Å². The summed E-state index contributed by atoms with van der Waals surface area (Å²) in [5, 5.41) is 3.04. The Morgan fingerprint density at radius 1 is 1.35 bits per heavy atom. The van der Waals surface area contributed by atoms with Crippen LogP contribution in [-0.2, 0) is 14.9 Å². The Morgan fingerprint density at radius 2 is 2.13 bits per heavy atom. The lowest BCUT2D eigenvalue weighted by atomic mass is 9.76. The summed E-state index contributed by atoms with van der Waals surface area (Å²) in [6.45, 7) is 2.45. The smallest absolute Gasteiger partial charge is 0.227 e. The molecule has 1 spiro atoms. The summed E-state index contributed by atoms with van der Waals surface area (Å²) in [4.78, 5) is 14.2. The maximum atomic E-state index is 12.9. The molecule has 0 bridgehead atoms. The first kappa shape index (κ1) is 14.9. The van der Waals surface area contributed by atoms with E-state index in [4.69, 9.17) is 4.74 Å². The molecule has 2 fully saturated rings. The molecule has 1 aromatic carbocycles. The molecule has 4 rings (SSSR count). The monoisotopic (exact) mass is 318 g/mol. The van der Waals surface area contributed by atoms with Crippen LogP contribution in [0.1, 0.15) is 31.2 Å². The Balaban J connectivity index is 1.65. The van der Waals surface area contributed by atoms with Crippen LogP contribution in [0.3, 0.4) is 0 Å². The zero-order valence-electron chi connectivity index (χ0n) is 13.3. The summed E-state index contributed by atoms with van der Waals surface area (Å²) in [6, 6.07) is 6.10. The summed E-state index contributed by atoms with van der Waals surface area (Å²) in [7, 11) is 0. The van der Waals surface area contributed by atoms with Crippen molar-refractivity contribution in [3.63, 3.8) is 0 Å². The highest BCUT2D eigenvalue weighted by Gasteiger charge is 2.43. The zero-order chi connectivity index (χ0) is 15.9.